The molecule has 0 aliphatic heterocycles. The molecule has 0 saturated heterocycles. The van der Waals surface area contributed by atoms with Crippen molar-refractivity contribution in [3.8, 4) is 5.69 Å². The van der Waals surface area contributed by atoms with Crippen LogP contribution in [0.25, 0.3) is 5.69 Å². The molecule has 21 heavy (non-hydrogen) atoms. The number of imidazole rings is 1. The quantitative estimate of drug-likeness (QED) is 0.884. The van der Waals surface area contributed by atoms with Crippen LogP contribution in [0.5, 0.6) is 0 Å². The van der Waals surface area contributed by atoms with Gasteiger partial charge in [0.2, 0.25) is 0 Å². The number of hydrogen-bond acceptors (Lipinski definition) is 2. The molecular formula is C14H15BrF3N3. The molecule has 2 N–H and O–H groups in total. The van der Waals surface area contributed by atoms with Crippen molar-refractivity contribution >= 4 is 15.9 Å². The second kappa shape index (κ2) is 5.81. The summed E-state index contributed by atoms with van der Waals surface area (Å²) >= 11 is 3.28. The summed E-state index contributed by atoms with van der Waals surface area (Å²) in [4.78, 5) is 4.02. The number of hydrogen-bond donors (Lipinski definition) is 1. The first kappa shape index (κ1) is 16.0. The van der Waals surface area contributed by atoms with Crippen LogP contribution >= 0.6 is 15.9 Å². The minimum atomic E-state index is -4.39. The highest BCUT2D eigenvalue weighted by Gasteiger charge is 2.31. The van der Waals surface area contributed by atoms with Crippen LogP contribution in [0, 0.1) is 5.92 Å². The molecule has 0 radical (unpaired) electrons. The maximum atomic E-state index is 12.9. The summed E-state index contributed by atoms with van der Waals surface area (Å²) in [6.07, 6.45) is -1.34. The molecule has 1 aromatic carbocycles. The molecule has 1 heterocycles. The molecule has 7 heteroatoms. The van der Waals surface area contributed by atoms with E-state index in [0.717, 1.165) is 12.1 Å². The third kappa shape index (κ3) is 3.29. The molecule has 0 aliphatic rings. The van der Waals surface area contributed by atoms with Crippen LogP contribution in [0.1, 0.15) is 31.1 Å². The fraction of sp³-hybridized carbons (Fsp3) is 0.357. The first-order valence-electron chi connectivity index (χ1n) is 6.36. The van der Waals surface area contributed by atoms with Crippen LogP contribution in [0.2, 0.25) is 0 Å². The molecule has 3 nitrogen and oxygen atoms in total. The summed E-state index contributed by atoms with van der Waals surface area (Å²) in [5.74, 6) is 0.144. The third-order valence-electron chi connectivity index (χ3n) is 3.26. The largest absolute Gasteiger partial charge is 0.416 e. The van der Waals surface area contributed by atoms with E-state index in [1.54, 1.807) is 10.8 Å². The lowest BCUT2D eigenvalue weighted by Gasteiger charge is -2.19. The van der Waals surface area contributed by atoms with Crippen molar-refractivity contribution in [2.75, 3.05) is 0 Å². The van der Waals surface area contributed by atoms with Crippen LogP contribution in [-0.4, -0.2) is 9.55 Å². The van der Waals surface area contributed by atoms with Crippen molar-refractivity contribution < 1.29 is 13.2 Å². The molecule has 2 rings (SSSR count). The van der Waals surface area contributed by atoms with Gasteiger partial charge in [-0.25, -0.2) is 4.98 Å². The van der Waals surface area contributed by atoms with E-state index < -0.39 is 11.7 Å². The molecular weight excluding hydrogens is 347 g/mol. The fourth-order valence-corrected chi connectivity index (χ4v) is 2.41. The number of benzene rings is 1. The van der Waals surface area contributed by atoms with Crippen molar-refractivity contribution in [3.05, 3.63) is 46.5 Å². The topological polar surface area (TPSA) is 43.8 Å². The molecule has 0 fully saturated rings. The molecule has 1 aromatic heterocycles. The van der Waals surface area contributed by atoms with E-state index in [0.29, 0.717) is 15.9 Å². The van der Waals surface area contributed by atoms with Crippen LogP contribution in [-0.2, 0) is 6.18 Å². The zero-order valence-electron chi connectivity index (χ0n) is 11.5. The Labute approximate surface area is 129 Å². The molecule has 0 saturated carbocycles. The number of rotatable bonds is 3. The number of alkyl halides is 3. The Kier molecular flexibility index (Phi) is 4.43. The highest BCUT2D eigenvalue weighted by Crippen LogP contribution is 2.34. The van der Waals surface area contributed by atoms with E-state index in [4.69, 9.17) is 5.73 Å². The van der Waals surface area contributed by atoms with Crippen molar-refractivity contribution in [2.45, 2.75) is 26.1 Å². The summed E-state index contributed by atoms with van der Waals surface area (Å²) in [6, 6.07) is 3.19. The van der Waals surface area contributed by atoms with Gasteiger partial charge >= 0.3 is 6.18 Å². The third-order valence-corrected chi connectivity index (χ3v) is 3.93. The maximum absolute atomic E-state index is 12.9. The van der Waals surface area contributed by atoms with Gasteiger partial charge in [0, 0.05) is 10.5 Å². The minimum Gasteiger partial charge on any atom is -0.322 e. The Morgan fingerprint density at radius 2 is 1.95 bits per heavy atom. The Morgan fingerprint density at radius 1 is 1.29 bits per heavy atom. The Morgan fingerprint density at radius 3 is 2.52 bits per heavy atom. The molecule has 1 atom stereocenters. The van der Waals surface area contributed by atoms with Crippen molar-refractivity contribution in [2.24, 2.45) is 11.7 Å². The molecule has 0 aliphatic carbocycles. The van der Waals surface area contributed by atoms with Gasteiger partial charge in [-0.05, 0) is 40.0 Å². The second-order valence-corrected chi connectivity index (χ2v) is 5.98. The molecule has 0 bridgehead atoms. The van der Waals surface area contributed by atoms with Gasteiger partial charge in [0.1, 0.15) is 0 Å². The van der Waals surface area contributed by atoms with Crippen LogP contribution < -0.4 is 5.73 Å². The van der Waals surface area contributed by atoms with E-state index >= 15 is 0 Å². The molecule has 2 aromatic rings. The lowest BCUT2D eigenvalue weighted by atomic mass is 10.0. The van der Waals surface area contributed by atoms with Crippen LogP contribution in [0.3, 0.4) is 0 Å². The predicted octanol–water partition coefficient (Wildman–Crippen LogP) is 4.31. The SMILES string of the molecule is CC(C)C(N)c1cncn1-c1cc(C(F)(F)F)ccc1Br. The number of halogens is 4. The first-order valence-corrected chi connectivity index (χ1v) is 7.16. The lowest BCUT2D eigenvalue weighted by molar-refractivity contribution is -0.137. The van der Waals surface area contributed by atoms with Crippen molar-refractivity contribution in [3.63, 3.8) is 0 Å². The Hall–Kier alpha value is -1.34. The summed E-state index contributed by atoms with van der Waals surface area (Å²) in [5, 5.41) is 0. The van der Waals surface area contributed by atoms with Gasteiger partial charge in [-0.15, -0.1) is 0 Å². The smallest absolute Gasteiger partial charge is 0.322 e. The zero-order chi connectivity index (χ0) is 15.8. The van der Waals surface area contributed by atoms with Gasteiger partial charge < -0.3 is 10.3 Å². The van der Waals surface area contributed by atoms with Gasteiger partial charge in [0.05, 0.1) is 29.5 Å². The van der Waals surface area contributed by atoms with Gasteiger partial charge in [0.25, 0.3) is 0 Å². The van der Waals surface area contributed by atoms with Crippen LogP contribution in [0.15, 0.2) is 35.2 Å². The second-order valence-electron chi connectivity index (χ2n) is 5.12. The van der Waals surface area contributed by atoms with E-state index in [1.165, 1.54) is 12.4 Å². The molecule has 0 spiro atoms. The van der Waals surface area contributed by atoms with Gasteiger partial charge in [-0.2, -0.15) is 13.2 Å². The van der Waals surface area contributed by atoms with E-state index in [-0.39, 0.29) is 12.0 Å². The van der Waals surface area contributed by atoms with E-state index in [2.05, 4.69) is 20.9 Å². The van der Waals surface area contributed by atoms with E-state index in [1.807, 2.05) is 13.8 Å². The normalized spacial score (nSPS) is 13.7. The number of nitrogens with zero attached hydrogens (tertiary/aromatic N) is 2. The molecule has 1 unspecified atom stereocenters. The summed E-state index contributed by atoms with van der Waals surface area (Å²) in [7, 11) is 0. The van der Waals surface area contributed by atoms with Gasteiger partial charge in [-0.3, -0.25) is 0 Å². The predicted molar refractivity (Wildman–Crippen MR) is 78.0 cm³/mol. The first-order chi connectivity index (χ1) is 9.71. The monoisotopic (exact) mass is 361 g/mol. The Bertz CT molecular complexity index is 635. The van der Waals surface area contributed by atoms with E-state index in [9.17, 15) is 13.2 Å². The number of aromatic nitrogens is 2. The standard InChI is InChI=1S/C14H15BrF3N3/c1-8(2)13(19)12-6-20-7-21(12)11-5-9(14(16,17)18)3-4-10(11)15/h3-8,13H,19H2,1-2H3. The van der Waals surface area contributed by atoms with Gasteiger partial charge in [-0.1, -0.05) is 13.8 Å². The fourth-order valence-electron chi connectivity index (χ4n) is 1.97. The zero-order valence-corrected chi connectivity index (χ0v) is 13.1. The summed E-state index contributed by atoms with van der Waals surface area (Å²) in [6.45, 7) is 3.90. The highest BCUT2D eigenvalue weighted by molar-refractivity contribution is 9.10. The number of nitrogens with two attached hydrogens (primary N) is 1. The maximum Gasteiger partial charge on any atom is 0.416 e. The average Bonchev–Trinajstić information content (AvgIpc) is 2.85. The summed E-state index contributed by atoms with van der Waals surface area (Å²) in [5.41, 5.74) is 6.43. The van der Waals surface area contributed by atoms with Gasteiger partial charge in [0.15, 0.2) is 0 Å². The van der Waals surface area contributed by atoms with Crippen LogP contribution in [0.4, 0.5) is 13.2 Å². The van der Waals surface area contributed by atoms with Crippen molar-refractivity contribution in [1.29, 1.82) is 0 Å². The lowest BCUT2D eigenvalue weighted by Crippen LogP contribution is -2.20. The molecule has 114 valence electrons. The highest BCUT2D eigenvalue weighted by atomic mass is 79.9. The average molecular weight is 362 g/mol. The Balaban J connectivity index is 2.55. The van der Waals surface area contributed by atoms with Crippen molar-refractivity contribution in [1.82, 2.24) is 9.55 Å². The molecule has 0 amide bonds. The minimum absolute atomic E-state index is 0.144. The summed E-state index contributed by atoms with van der Waals surface area (Å²) < 4.78 is 40.7.